The van der Waals surface area contributed by atoms with E-state index in [0.717, 1.165) is 31.5 Å². The van der Waals surface area contributed by atoms with Gasteiger partial charge in [-0.05, 0) is 44.1 Å². The summed E-state index contributed by atoms with van der Waals surface area (Å²) in [6.45, 7) is 4.58. The fraction of sp³-hybridized carbons (Fsp3) is 0.867. The molecule has 4 aliphatic rings. The standard InChI is InChI=1S/C15H24N2O/c18-12-8-13-14-5-1-2-6-16(14)9-11-4-3-7-17(10-12)15(11)13/h1-2,11-15,18H,3-10H2/t11-,12-,13+,14+,15-/m0/s1. The van der Waals surface area contributed by atoms with Crippen molar-refractivity contribution in [3.8, 4) is 0 Å². The average molecular weight is 248 g/mol. The molecule has 100 valence electrons. The van der Waals surface area contributed by atoms with E-state index in [1.165, 1.54) is 32.4 Å². The molecule has 3 heteroatoms. The van der Waals surface area contributed by atoms with E-state index in [1.807, 2.05) is 0 Å². The van der Waals surface area contributed by atoms with Gasteiger partial charge in [0.2, 0.25) is 0 Å². The van der Waals surface area contributed by atoms with Crippen LogP contribution in [0.5, 0.6) is 0 Å². The van der Waals surface area contributed by atoms with Gasteiger partial charge in [0.1, 0.15) is 0 Å². The normalized spacial score (nSPS) is 48.6. The van der Waals surface area contributed by atoms with Crippen molar-refractivity contribution in [1.82, 2.24) is 9.80 Å². The molecule has 0 radical (unpaired) electrons. The van der Waals surface area contributed by atoms with Crippen molar-refractivity contribution in [2.24, 2.45) is 11.8 Å². The van der Waals surface area contributed by atoms with Crippen molar-refractivity contribution in [2.75, 3.05) is 26.2 Å². The number of hydrogen-bond donors (Lipinski definition) is 1. The maximum absolute atomic E-state index is 10.2. The Morgan fingerprint density at radius 1 is 1.11 bits per heavy atom. The molecular weight excluding hydrogens is 224 g/mol. The molecule has 0 aliphatic carbocycles. The summed E-state index contributed by atoms with van der Waals surface area (Å²) < 4.78 is 0. The van der Waals surface area contributed by atoms with Crippen LogP contribution in [0.15, 0.2) is 12.2 Å². The number of rotatable bonds is 0. The Kier molecular flexibility index (Phi) is 2.75. The van der Waals surface area contributed by atoms with Crippen molar-refractivity contribution in [3.63, 3.8) is 0 Å². The van der Waals surface area contributed by atoms with Crippen LogP contribution < -0.4 is 0 Å². The lowest BCUT2D eigenvalue weighted by molar-refractivity contribution is -0.107. The molecule has 0 amide bonds. The van der Waals surface area contributed by atoms with Gasteiger partial charge in [-0.25, -0.2) is 0 Å². The molecule has 0 aromatic heterocycles. The smallest absolute Gasteiger partial charge is 0.0671 e. The monoisotopic (exact) mass is 248 g/mol. The maximum atomic E-state index is 10.2. The van der Waals surface area contributed by atoms with Crippen molar-refractivity contribution >= 4 is 0 Å². The number of hydrogen-bond acceptors (Lipinski definition) is 3. The molecule has 4 rings (SSSR count). The van der Waals surface area contributed by atoms with E-state index in [4.69, 9.17) is 0 Å². The summed E-state index contributed by atoms with van der Waals surface area (Å²) in [5, 5.41) is 10.2. The fourth-order valence-corrected chi connectivity index (χ4v) is 5.08. The van der Waals surface area contributed by atoms with Gasteiger partial charge in [-0.2, -0.15) is 0 Å². The van der Waals surface area contributed by atoms with Crippen LogP contribution >= 0.6 is 0 Å². The van der Waals surface area contributed by atoms with Crippen molar-refractivity contribution in [2.45, 2.75) is 43.9 Å². The zero-order valence-electron chi connectivity index (χ0n) is 11.0. The first-order valence-corrected chi connectivity index (χ1v) is 7.64. The molecule has 5 atom stereocenters. The third kappa shape index (κ3) is 1.68. The Hall–Kier alpha value is -0.380. The van der Waals surface area contributed by atoms with Gasteiger partial charge in [0.05, 0.1) is 6.10 Å². The van der Waals surface area contributed by atoms with Crippen LogP contribution in [0.3, 0.4) is 0 Å². The number of piperidine rings is 3. The van der Waals surface area contributed by atoms with E-state index in [-0.39, 0.29) is 6.10 Å². The van der Waals surface area contributed by atoms with Crippen molar-refractivity contribution in [3.05, 3.63) is 12.2 Å². The molecule has 4 heterocycles. The molecule has 0 saturated carbocycles. The van der Waals surface area contributed by atoms with Gasteiger partial charge in [-0.15, -0.1) is 0 Å². The van der Waals surface area contributed by atoms with E-state index < -0.39 is 0 Å². The van der Waals surface area contributed by atoms with Gasteiger partial charge in [0.15, 0.2) is 0 Å². The lowest BCUT2D eigenvalue weighted by atomic mass is 9.68. The van der Waals surface area contributed by atoms with Crippen LogP contribution in [-0.2, 0) is 0 Å². The third-order valence-corrected chi connectivity index (χ3v) is 5.67. The average Bonchev–Trinajstić information content (AvgIpc) is 2.38. The highest BCUT2D eigenvalue weighted by atomic mass is 16.3. The summed E-state index contributed by atoms with van der Waals surface area (Å²) in [5.41, 5.74) is 0. The number of aliphatic hydroxyl groups excluding tert-OH is 1. The van der Waals surface area contributed by atoms with Gasteiger partial charge in [-0.3, -0.25) is 9.80 Å². The van der Waals surface area contributed by atoms with Crippen molar-refractivity contribution < 1.29 is 5.11 Å². The minimum absolute atomic E-state index is 0.0872. The van der Waals surface area contributed by atoms with E-state index >= 15 is 0 Å². The largest absolute Gasteiger partial charge is 0.392 e. The fourth-order valence-electron chi connectivity index (χ4n) is 5.08. The summed E-state index contributed by atoms with van der Waals surface area (Å²) in [6.07, 6.45) is 9.57. The number of aliphatic hydroxyl groups is 1. The molecule has 0 bridgehead atoms. The molecule has 1 N–H and O–H groups in total. The highest BCUT2D eigenvalue weighted by Gasteiger charge is 2.49. The summed E-state index contributed by atoms with van der Waals surface area (Å²) in [4.78, 5) is 5.30. The highest BCUT2D eigenvalue weighted by Crippen LogP contribution is 2.43. The Bertz CT molecular complexity index is 356. The summed E-state index contributed by atoms with van der Waals surface area (Å²) in [7, 11) is 0. The predicted octanol–water partition coefficient (Wildman–Crippen LogP) is 1.09. The van der Waals surface area contributed by atoms with Crippen LogP contribution in [-0.4, -0.2) is 59.3 Å². The topological polar surface area (TPSA) is 26.7 Å². The van der Waals surface area contributed by atoms with Crippen LogP contribution in [0.25, 0.3) is 0 Å². The first kappa shape index (κ1) is 11.4. The van der Waals surface area contributed by atoms with Crippen LogP contribution in [0.4, 0.5) is 0 Å². The van der Waals surface area contributed by atoms with E-state index in [0.29, 0.717) is 12.0 Å². The van der Waals surface area contributed by atoms with Crippen LogP contribution in [0, 0.1) is 11.8 Å². The first-order valence-electron chi connectivity index (χ1n) is 7.64. The zero-order valence-corrected chi connectivity index (χ0v) is 11.0. The number of fused-ring (bicyclic) bond motifs is 2. The van der Waals surface area contributed by atoms with E-state index in [9.17, 15) is 5.11 Å². The van der Waals surface area contributed by atoms with Crippen LogP contribution in [0.1, 0.15) is 25.7 Å². The van der Waals surface area contributed by atoms with Crippen molar-refractivity contribution in [1.29, 1.82) is 0 Å². The third-order valence-electron chi connectivity index (χ3n) is 5.67. The summed E-state index contributed by atoms with van der Waals surface area (Å²) in [6, 6.07) is 1.47. The van der Waals surface area contributed by atoms with Gasteiger partial charge < -0.3 is 5.11 Å². The second-order valence-corrected chi connectivity index (χ2v) is 6.67. The molecule has 0 aromatic carbocycles. The summed E-state index contributed by atoms with van der Waals surface area (Å²) >= 11 is 0. The second-order valence-electron chi connectivity index (χ2n) is 6.67. The van der Waals surface area contributed by atoms with E-state index in [1.54, 1.807) is 0 Å². The molecule has 3 saturated heterocycles. The Balaban J connectivity index is 1.66. The minimum atomic E-state index is -0.0872. The Morgan fingerprint density at radius 2 is 2.06 bits per heavy atom. The Morgan fingerprint density at radius 3 is 3.00 bits per heavy atom. The lowest BCUT2D eigenvalue weighted by Gasteiger charge is -2.58. The predicted molar refractivity (Wildman–Crippen MR) is 71.3 cm³/mol. The first-order chi connectivity index (χ1) is 8.83. The van der Waals surface area contributed by atoms with Gasteiger partial charge >= 0.3 is 0 Å². The van der Waals surface area contributed by atoms with Crippen LogP contribution in [0.2, 0.25) is 0 Å². The molecule has 18 heavy (non-hydrogen) atoms. The minimum Gasteiger partial charge on any atom is -0.392 e. The van der Waals surface area contributed by atoms with E-state index in [2.05, 4.69) is 22.0 Å². The second kappa shape index (κ2) is 4.32. The SMILES string of the molecule is O[C@H]1C[C@H]2[C@@H]3[C@@H](CCCN3C1)CN1CC=CC[C@H]21. The molecule has 4 aliphatic heterocycles. The van der Waals surface area contributed by atoms with Gasteiger partial charge in [0.25, 0.3) is 0 Å². The molecule has 0 aromatic rings. The van der Waals surface area contributed by atoms with Gasteiger partial charge in [-0.1, -0.05) is 12.2 Å². The Labute approximate surface area is 109 Å². The maximum Gasteiger partial charge on any atom is 0.0671 e. The lowest BCUT2D eigenvalue weighted by Crippen LogP contribution is -2.67. The molecule has 0 unspecified atom stereocenters. The quantitative estimate of drug-likeness (QED) is 0.650. The highest BCUT2D eigenvalue weighted by molar-refractivity contribution is 5.09. The summed E-state index contributed by atoms with van der Waals surface area (Å²) in [5.74, 6) is 1.57. The molecule has 3 fully saturated rings. The molecule has 3 nitrogen and oxygen atoms in total. The molecular formula is C15H24N2O. The zero-order chi connectivity index (χ0) is 12.1. The van der Waals surface area contributed by atoms with Gasteiger partial charge in [0, 0.05) is 31.7 Å². The number of nitrogens with zero attached hydrogens (tertiary/aromatic N) is 2. The molecule has 0 spiro atoms.